The van der Waals surface area contributed by atoms with Crippen LogP contribution in [0.4, 0.5) is 8.78 Å². The number of nitrogens with zero attached hydrogens (tertiary/aromatic N) is 1. The first-order valence-electron chi connectivity index (χ1n) is 6.21. The van der Waals surface area contributed by atoms with Gasteiger partial charge in [-0.05, 0) is 45.0 Å². The second-order valence-electron chi connectivity index (χ2n) is 5.25. The van der Waals surface area contributed by atoms with Crippen LogP contribution in [-0.4, -0.2) is 30.0 Å². The molecule has 1 atom stereocenters. The minimum absolute atomic E-state index is 0.445. The largest absolute Gasteiger partial charge is 0.356 e. The third kappa shape index (κ3) is 1.72. The van der Waals surface area contributed by atoms with Crippen LogP contribution in [0.3, 0.4) is 0 Å². The van der Waals surface area contributed by atoms with E-state index in [1.54, 1.807) is 0 Å². The second kappa shape index (κ2) is 4.05. The predicted octanol–water partition coefficient (Wildman–Crippen LogP) is 2.87. The standard InChI is InChI=1S/C14H16F2N2/c1-18(2)9-3-4-13-10(7-9)11-5-8(15)6-12(16)14(11)17-13/h5-6,9,17H,3-4,7H2,1-2H3/t9-/m1/s1. The van der Waals surface area contributed by atoms with E-state index in [0.29, 0.717) is 16.9 Å². The monoisotopic (exact) mass is 250 g/mol. The number of rotatable bonds is 1. The lowest BCUT2D eigenvalue weighted by Gasteiger charge is -2.28. The van der Waals surface area contributed by atoms with Crippen molar-refractivity contribution in [1.29, 1.82) is 0 Å². The normalized spacial score (nSPS) is 19.5. The summed E-state index contributed by atoms with van der Waals surface area (Å²) in [6, 6.07) is 2.82. The Bertz CT molecular complexity index is 601. The number of hydrogen-bond acceptors (Lipinski definition) is 1. The van der Waals surface area contributed by atoms with Gasteiger partial charge >= 0.3 is 0 Å². The molecule has 1 aliphatic rings. The van der Waals surface area contributed by atoms with Crippen LogP contribution >= 0.6 is 0 Å². The molecule has 3 rings (SSSR count). The summed E-state index contributed by atoms with van der Waals surface area (Å²) >= 11 is 0. The van der Waals surface area contributed by atoms with Gasteiger partial charge in [-0.1, -0.05) is 0 Å². The number of hydrogen-bond donors (Lipinski definition) is 1. The third-order valence-electron chi connectivity index (χ3n) is 3.92. The Balaban J connectivity index is 2.15. The fourth-order valence-electron chi connectivity index (χ4n) is 2.86. The van der Waals surface area contributed by atoms with Crippen LogP contribution in [0.1, 0.15) is 17.7 Å². The highest BCUT2D eigenvalue weighted by atomic mass is 19.1. The highest BCUT2D eigenvalue weighted by Gasteiger charge is 2.24. The van der Waals surface area contributed by atoms with Crippen LogP contribution < -0.4 is 0 Å². The van der Waals surface area contributed by atoms with Gasteiger partial charge in [-0.25, -0.2) is 8.78 Å². The number of nitrogens with one attached hydrogen (secondary N) is 1. The van der Waals surface area contributed by atoms with Crippen molar-refractivity contribution in [2.45, 2.75) is 25.3 Å². The van der Waals surface area contributed by atoms with E-state index < -0.39 is 11.6 Å². The number of halogens is 2. The SMILES string of the molecule is CN(C)[C@@H]1CCc2[nH]c3c(F)cc(F)cc3c2C1. The molecule has 1 aliphatic carbocycles. The molecule has 0 bridgehead atoms. The maximum atomic E-state index is 13.7. The molecule has 0 saturated carbocycles. The summed E-state index contributed by atoms with van der Waals surface area (Å²) in [7, 11) is 4.09. The van der Waals surface area contributed by atoms with Crippen LogP contribution in [0.5, 0.6) is 0 Å². The molecule has 0 saturated heterocycles. The Kier molecular flexibility index (Phi) is 2.63. The van der Waals surface area contributed by atoms with Gasteiger partial charge in [0.1, 0.15) is 11.6 Å². The molecule has 0 spiro atoms. The van der Waals surface area contributed by atoms with Gasteiger partial charge in [-0.3, -0.25) is 0 Å². The van der Waals surface area contributed by atoms with Gasteiger partial charge in [-0.2, -0.15) is 0 Å². The van der Waals surface area contributed by atoms with Crippen molar-refractivity contribution in [2.75, 3.05) is 14.1 Å². The number of fused-ring (bicyclic) bond motifs is 3. The number of H-pyrrole nitrogens is 1. The zero-order valence-electron chi connectivity index (χ0n) is 10.6. The van der Waals surface area contributed by atoms with Gasteiger partial charge in [-0.15, -0.1) is 0 Å². The maximum Gasteiger partial charge on any atom is 0.150 e. The Morgan fingerprint density at radius 3 is 2.78 bits per heavy atom. The summed E-state index contributed by atoms with van der Waals surface area (Å²) in [4.78, 5) is 5.29. The van der Waals surface area contributed by atoms with E-state index in [4.69, 9.17) is 0 Å². The number of aromatic nitrogens is 1. The van der Waals surface area contributed by atoms with Gasteiger partial charge in [0.15, 0.2) is 0 Å². The molecule has 1 N–H and O–H groups in total. The van der Waals surface area contributed by atoms with Crippen molar-refractivity contribution in [3.05, 3.63) is 35.0 Å². The zero-order valence-corrected chi connectivity index (χ0v) is 10.6. The fraction of sp³-hybridized carbons (Fsp3) is 0.429. The van der Waals surface area contributed by atoms with Gasteiger partial charge in [0.2, 0.25) is 0 Å². The van der Waals surface area contributed by atoms with Gasteiger partial charge in [0, 0.05) is 23.2 Å². The van der Waals surface area contributed by atoms with E-state index in [1.165, 1.54) is 6.07 Å². The molecule has 2 aromatic rings. The maximum absolute atomic E-state index is 13.7. The molecule has 1 aromatic heterocycles. The van der Waals surface area contributed by atoms with E-state index in [1.807, 2.05) is 14.1 Å². The average Bonchev–Trinajstić information content (AvgIpc) is 2.67. The summed E-state index contributed by atoms with van der Waals surface area (Å²) in [6.45, 7) is 0. The molecule has 0 amide bonds. The van der Waals surface area contributed by atoms with Gasteiger partial charge < -0.3 is 9.88 Å². The molecule has 4 heteroatoms. The highest BCUT2D eigenvalue weighted by Crippen LogP contribution is 2.32. The molecule has 2 nitrogen and oxygen atoms in total. The first-order chi connectivity index (χ1) is 8.56. The van der Waals surface area contributed by atoms with Crippen molar-refractivity contribution in [1.82, 2.24) is 9.88 Å². The fourth-order valence-corrected chi connectivity index (χ4v) is 2.86. The Labute approximate surface area is 105 Å². The Hall–Kier alpha value is -1.42. The first kappa shape index (κ1) is 11.7. The van der Waals surface area contributed by atoms with Crippen LogP contribution in [0.15, 0.2) is 12.1 Å². The first-order valence-corrected chi connectivity index (χ1v) is 6.21. The lowest BCUT2D eigenvalue weighted by molar-refractivity contribution is 0.268. The van der Waals surface area contributed by atoms with Crippen molar-refractivity contribution < 1.29 is 8.78 Å². The molecule has 0 aliphatic heterocycles. The van der Waals surface area contributed by atoms with Crippen LogP contribution in [0.25, 0.3) is 10.9 Å². The van der Waals surface area contributed by atoms with Crippen LogP contribution in [-0.2, 0) is 12.8 Å². The summed E-state index contributed by atoms with van der Waals surface area (Å²) in [6.07, 6.45) is 2.80. The highest BCUT2D eigenvalue weighted by molar-refractivity contribution is 5.85. The number of aryl methyl sites for hydroxylation is 1. The smallest absolute Gasteiger partial charge is 0.150 e. The molecule has 0 unspecified atom stereocenters. The second-order valence-corrected chi connectivity index (χ2v) is 5.25. The number of aromatic amines is 1. The minimum atomic E-state index is -0.506. The van der Waals surface area contributed by atoms with Crippen molar-refractivity contribution >= 4 is 10.9 Å². The van der Waals surface area contributed by atoms with Crippen molar-refractivity contribution in [3.63, 3.8) is 0 Å². The Morgan fingerprint density at radius 1 is 1.28 bits per heavy atom. The van der Waals surface area contributed by atoms with E-state index in [-0.39, 0.29) is 0 Å². The lowest BCUT2D eigenvalue weighted by atomic mass is 9.91. The molecular formula is C14H16F2N2. The third-order valence-corrected chi connectivity index (χ3v) is 3.92. The van der Waals surface area contributed by atoms with Crippen molar-refractivity contribution in [3.8, 4) is 0 Å². The topological polar surface area (TPSA) is 19.0 Å². The molecule has 1 heterocycles. The Morgan fingerprint density at radius 2 is 2.06 bits per heavy atom. The average molecular weight is 250 g/mol. The van der Waals surface area contributed by atoms with Crippen LogP contribution in [0.2, 0.25) is 0 Å². The summed E-state index contributed by atoms with van der Waals surface area (Å²) in [5.41, 5.74) is 2.58. The number of benzene rings is 1. The van der Waals surface area contributed by atoms with E-state index in [9.17, 15) is 8.78 Å². The quantitative estimate of drug-likeness (QED) is 0.824. The van der Waals surface area contributed by atoms with E-state index in [2.05, 4.69) is 9.88 Å². The molecule has 18 heavy (non-hydrogen) atoms. The predicted molar refractivity (Wildman–Crippen MR) is 67.7 cm³/mol. The summed E-state index contributed by atoms with van der Waals surface area (Å²) in [5, 5.41) is 0.703. The molecule has 0 fully saturated rings. The summed E-state index contributed by atoms with van der Waals surface area (Å²) < 4.78 is 27.0. The van der Waals surface area contributed by atoms with Gasteiger partial charge in [0.05, 0.1) is 5.52 Å². The van der Waals surface area contributed by atoms with E-state index >= 15 is 0 Å². The molecule has 96 valence electrons. The number of likely N-dealkylation sites (N-methyl/N-ethyl adjacent to an activating group) is 1. The molecule has 0 radical (unpaired) electrons. The van der Waals surface area contributed by atoms with Crippen molar-refractivity contribution in [2.24, 2.45) is 0 Å². The van der Waals surface area contributed by atoms with Crippen LogP contribution in [0, 0.1) is 11.6 Å². The molecular weight excluding hydrogens is 234 g/mol. The minimum Gasteiger partial charge on any atom is -0.356 e. The zero-order chi connectivity index (χ0) is 12.9. The van der Waals surface area contributed by atoms with E-state index in [0.717, 1.165) is 36.6 Å². The molecule has 1 aromatic carbocycles. The summed E-state index contributed by atoms with van der Waals surface area (Å²) in [5.74, 6) is -1.01. The van der Waals surface area contributed by atoms with Gasteiger partial charge in [0.25, 0.3) is 0 Å². The lowest BCUT2D eigenvalue weighted by Crippen LogP contribution is -2.33.